The quantitative estimate of drug-likeness (QED) is 0.771. The van der Waals surface area contributed by atoms with Gasteiger partial charge in [0.25, 0.3) is 0 Å². The molecule has 1 aliphatic heterocycles. The second-order valence-corrected chi connectivity index (χ2v) is 7.84. The van der Waals surface area contributed by atoms with Crippen molar-refractivity contribution in [2.75, 3.05) is 25.0 Å². The average molecular weight is 406 g/mol. The number of rotatable bonds is 3. The van der Waals surface area contributed by atoms with Crippen molar-refractivity contribution < 1.29 is 9.53 Å². The van der Waals surface area contributed by atoms with Crippen LogP contribution in [0.15, 0.2) is 10.7 Å². The van der Waals surface area contributed by atoms with E-state index in [0.29, 0.717) is 24.8 Å². The van der Waals surface area contributed by atoms with E-state index in [-0.39, 0.29) is 11.4 Å². The second-order valence-electron chi connectivity index (χ2n) is 6.65. The smallest absolute Gasteiger partial charge is 0.410 e. The molecule has 1 aromatic heterocycles. The fourth-order valence-electron chi connectivity index (χ4n) is 2.43. The van der Waals surface area contributed by atoms with Crippen molar-refractivity contribution in [3.63, 3.8) is 0 Å². The molecule has 1 fully saturated rings. The van der Waals surface area contributed by atoms with E-state index in [1.807, 2.05) is 20.8 Å². The Balaban J connectivity index is 1.89. The van der Waals surface area contributed by atoms with E-state index in [2.05, 4.69) is 31.2 Å². The Labute approximate surface area is 150 Å². The van der Waals surface area contributed by atoms with Crippen molar-refractivity contribution in [2.24, 2.45) is 5.92 Å². The second kappa shape index (κ2) is 7.66. The molecule has 6 nitrogen and oxygen atoms in total. The number of carbonyl (C=O) groups is 1. The van der Waals surface area contributed by atoms with Crippen LogP contribution < -0.4 is 5.32 Å². The fourth-order valence-corrected chi connectivity index (χ4v) is 2.90. The first kappa shape index (κ1) is 18.3. The molecule has 1 aliphatic rings. The number of likely N-dealkylation sites (tertiary alicyclic amines) is 1. The van der Waals surface area contributed by atoms with E-state index in [1.165, 1.54) is 0 Å². The molecule has 0 radical (unpaired) electrons. The molecule has 8 heteroatoms. The zero-order valence-corrected chi connectivity index (χ0v) is 15.9. The number of halogens is 2. The Bertz CT molecular complexity index is 565. The Hall–Kier alpha value is -1.08. The highest BCUT2D eigenvalue weighted by atomic mass is 79.9. The van der Waals surface area contributed by atoms with Crippen LogP contribution in [0.4, 0.5) is 10.6 Å². The number of ether oxygens (including phenoxy) is 1. The highest BCUT2D eigenvalue weighted by Gasteiger charge is 2.27. The fraction of sp³-hybridized carbons (Fsp3) is 0.667. The predicted molar refractivity (Wildman–Crippen MR) is 93.8 cm³/mol. The zero-order chi connectivity index (χ0) is 17.0. The van der Waals surface area contributed by atoms with Gasteiger partial charge in [-0.05, 0) is 67.1 Å². The first-order valence-corrected chi connectivity index (χ1v) is 8.81. The summed E-state index contributed by atoms with van der Waals surface area (Å²) in [6.07, 6.45) is 3.40. The zero-order valence-electron chi connectivity index (χ0n) is 13.6. The number of carbonyl (C=O) groups excluding carboxylic acids is 1. The largest absolute Gasteiger partial charge is 0.444 e. The summed E-state index contributed by atoms with van der Waals surface area (Å²) in [4.78, 5) is 22.0. The summed E-state index contributed by atoms with van der Waals surface area (Å²) in [5.41, 5.74) is -0.467. The number of anilines is 1. The number of nitrogens with zero attached hydrogens (tertiary/aromatic N) is 3. The lowest BCUT2D eigenvalue weighted by Crippen LogP contribution is -2.44. The van der Waals surface area contributed by atoms with Gasteiger partial charge in [0.2, 0.25) is 5.28 Å². The van der Waals surface area contributed by atoms with Crippen LogP contribution in [-0.2, 0) is 4.74 Å². The van der Waals surface area contributed by atoms with Crippen LogP contribution in [0.25, 0.3) is 0 Å². The van der Waals surface area contributed by atoms with Crippen LogP contribution in [-0.4, -0.2) is 46.2 Å². The van der Waals surface area contributed by atoms with Crippen molar-refractivity contribution in [1.82, 2.24) is 14.9 Å². The number of aromatic nitrogens is 2. The molecule has 1 amide bonds. The first-order chi connectivity index (χ1) is 10.7. The summed E-state index contributed by atoms with van der Waals surface area (Å²) in [6, 6.07) is 0. The van der Waals surface area contributed by atoms with Gasteiger partial charge < -0.3 is 15.0 Å². The summed E-state index contributed by atoms with van der Waals surface area (Å²) in [5.74, 6) is 1.01. The lowest BCUT2D eigenvalue weighted by Gasteiger charge is -2.34. The summed E-state index contributed by atoms with van der Waals surface area (Å²) < 4.78 is 6.21. The van der Waals surface area contributed by atoms with Gasteiger partial charge in [0.05, 0.1) is 4.47 Å². The highest BCUT2D eigenvalue weighted by Crippen LogP contribution is 2.23. The summed E-state index contributed by atoms with van der Waals surface area (Å²) in [7, 11) is 0. The molecule has 0 spiro atoms. The van der Waals surface area contributed by atoms with Crippen molar-refractivity contribution in [3.8, 4) is 0 Å². The molecule has 0 aromatic carbocycles. The minimum atomic E-state index is -0.467. The average Bonchev–Trinajstić information content (AvgIpc) is 2.47. The van der Waals surface area contributed by atoms with Gasteiger partial charge in [-0.2, -0.15) is 4.98 Å². The molecule has 1 N–H and O–H groups in total. The van der Waals surface area contributed by atoms with E-state index >= 15 is 0 Å². The summed E-state index contributed by atoms with van der Waals surface area (Å²) >= 11 is 9.20. The lowest BCUT2D eigenvalue weighted by molar-refractivity contribution is 0.0172. The molecule has 1 atom stereocenters. The highest BCUT2D eigenvalue weighted by molar-refractivity contribution is 9.10. The van der Waals surface area contributed by atoms with E-state index < -0.39 is 5.60 Å². The molecular weight excluding hydrogens is 384 g/mol. The van der Waals surface area contributed by atoms with Gasteiger partial charge in [-0.25, -0.2) is 9.78 Å². The Morgan fingerprint density at radius 2 is 2.30 bits per heavy atom. The molecule has 23 heavy (non-hydrogen) atoms. The SMILES string of the molecule is CC(C)(C)OC(=O)N1CCC[C@H](CNc2nc(Cl)ncc2Br)C1. The third-order valence-electron chi connectivity index (χ3n) is 3.44. The number of hydrogen-bond acceptors (Lipinski definition) is 5. The van der Waals surface area contributed by atoms with E-state index in [4.69, 9.17) is 16.3 Å². The molecule has 0 bridgehead atoms. The monoisotopic (exact) mass is 404 g/mol. The van der Waals surface area contributed by atoms with Crippen LogP contribution in [0.2, 0.25) is 5.28 Å². The lowest BCUT2D eigenvalue weighted by atomic mass is 9.98. The van der Waals surface area contributed by atoms with Gasteiger partial charge in [-0.1, -0.05) is 0 Å². The number of piperidine rings is 1. The van der Waals surface area contributed by atoms with Gasteiger partial charge in [-0.15, -0.1) is 0 Å². The third kappa shape index (κ3) is 5.80. The van der Waals surface area contributed by atoms with Crippen molar-refractivity contribution in [3.05, 3.63) is 16.0 Å². The molecular formula is C15H22BrClN4O2. The molecule has 2 heterocycles. The summed E-state index contributed by atoms with van der Waals surface area (Å²) in [5, 5.41) is 3.47. The van der Waals surface area contributed by atoms with E-state index in [9.17, 15) is 4.79 Å². The number of hydrogen-bond donors (Lipinski definition) is 1. The third-order valence-corrected chi connectivity index (χ3v) is 4.21. The molecule has 0 aliphatic carbocycles. The van der Waals surface area contributed by atoms with Gasteiger partial charge in [0, 0.05) is 25.8 Å². The molecule has 1 aromatic rings. The normalized spacial score (nSPS) is 18.7. The van der Waals surface area contributed by atoms with Gasteiger partial charge in [-0.3, -0.25) is 0 Å². The minimum absolute atomic E-state index is 0.203. The van der Waals surface area contributed by atoms with Crippen molar-refractivity contribution in [2.45, 2.75) is 39.2 Å². The van der Waals surface area contributed by atoms with Gasteiger partial charge in [0.1, 0.15) is 11.4 Å². The van der Waals surface area contributed by atoms with Crippen LogP contribution in [0, 0.1) is 5.92 Å². The molecule has 1 saturated heterocycles. The number of nitrogens with one attached hydrogen (secondary N) is 1. The Morgan fingerprint density at radius 3 is 3.00 bits per heavy atom. The van der Waals surface area contributed by atoms with Crippen molar-refractivity contribution in [1.29, 1.82) is 0 Å². The predicted octanol–water partition coefficient (Wildman–Crippen LogP) is 3.95. The Morgan fingerprint density at radius 1 is 1.57 bits per heavy atom. The first-order valence-electron chi connectivity index (χ1n) is 7.64. The topological polar surface area (TPSA) is 67.3 Å². The molecule has 0 unspecified atom stereocenters. The van der Waals surface area contributed by atoms with Crippen LogP contribution in [0.3, 0.4) is 0 Å². The maximum Gasteiger partial charge on any atom is 0.410 e. The Kier molecular flexibility index (Phi) is 6.08. The maximum atomic E-state index is 12.2. The molecule has 128 valence electrons. The van der Waals surface area contributed by atoms with Crippen LogP contribution in [0.5, 0.6) is 0 Å². The molecule has 0 saturated carbocycles. The maximum absolute atomic E-state index is 12.2. The summed E-state index contributed by atoms with van der Waals surface area (Å²) in [6.45, 7) is 7.77. The van der Waals surface area contributed by atoms with Crippen LogP contribution >= 0.6 is 27.5 Å². The van der Waals surface area contributed by atoms with E-state index in [1.54, 1.807) is 11.1 Å². The number of amides is 1. The minimum Gasteiger partial charge on any atom is -0.444 e. The standard InChI is InChI=1S/C15H22BrClN4O2/c1-15(2,3)23-14(22)21-6-4-5-10(9-21)7-18-12-11(16)8-19-13(17)20-12/h8,10H,4-7,9H2,1-3H3,(H,18,19,20)/t10-/m1/s1. The van der Waals surface area contributed by atoms with Gasteiger partial charge in [0.15, 0.2) is 0 Å². The van der Waals surface area contributed by atoms with Crippen molar-refractivity contribution >= 4 is 39.4 Å². The van der Waals surface area contributed by atoms with Gasteiger partial charge >= 0.3 is 6.09 Å². The molecule has 2 rings (SSSR count). The van der Waals surface area contributed by atoms with E-state index in [0.717, 1.165) is 23.9 Å². The van der Waals surface area contributed by atoms with Crippen LogP contribution in [0.1, 0.15) is 33.6 Å².